The first kappa shape index (κ1) is 36.9. The average Bonchev–Trinajstić information content (AvgIpc) is 3.19. The summed E-state index contributed by atoms with van der Waals surface area (Å²) in [5, 5.41) is -10.1. The highest BCUT2D eigenvalue weighted by Gasteiger charge is 2.39. The highest BCUT2D eigenvalue weighted by Crippen LogP contribution is 2.46. The van der Waals surface area contributed by atoms with Gasteiger partial charge < -0.3 is 14.0 Å². The van der Waals surface area contributed by atoms with E-state index in [0.29, 0.717) is 12.1 Å². The molecule has 58 heavy (non-hydrogen) atoms. The first-order chi connectivity index (χ1) is 27.6. The van der Waals surface area contributed by atoms with Crippen LogP contribution in [0.5, 0.6) is 17.2 Å². The van der Waals surface area contributed by atoms with E-state index in [2.05, 4.69) is 0 Å². The molecule has 0 unspecified atom stereocenters. The molecular weight excluding hydrogens is 805 g/mol. The maximum Gasteiger partial charge on any atom is 0.864 e. The molecule has 0 atom stereocenters. The molecule has 9 aromatic rings. The largest absolute Gasteiger partial charge is 0.864 e. The Balaban J connectivity index is 1.32. The van der Waals surface area contributed by atoms with Crippen molar-refractivity contribution in [2.24, 2.45) is 0 Å². The summed E-state index contributed by atoms with van der Waals surface area (Å²) in [6, 6.07) is 8.87. The summed E-state index contributed by atoms with van der Waals surface area (Å²) in [4.78, 5) is 0. The van der Waals surface area contributed by atoms with E-state index < -0.39 is 160 Å². The van der Waals surface area contributed by atoms with Crippen molar-refractivity contribution in [1.82, 2.24) is 0 Å². The van der Waals surface area contributed by atoms with E-state index in [1.165, 1.54) is 0 Å². The van der Waals surface area contributed by atoms with Crippen LogP contribution in [-0.2, 0) is 0 Å². The molecule has 0 bridgehead atoms. The summed E-state index contributed by atoms with van der Waals surface area (Å²) in [7, 11) is -2.95. The van der Waals surface area contributed by atoms with Crippen molar-refractivity contribution in [3.8, 4) is 17.2 Å². The second-order valence-electron chi connectivity index (χ2n) is 12.8. The fourth-order valence-electron chi connectivity index (χ4n) is 7.15. The Labute approximate surface area is 312 Å². The number of benzene rings is 9. The number of hydrogen-bond donors (Lipinski definition) is 0. The molecule has 9 rings (SSSR count). The molecule has 0 heterocycles. The van der Waals surface area contributed by atoms with E-state index in [-0.39, 0.29) is 16.8 Å². The number of halogens is 14. The Morgan fingerprint density at radius 3 is 1.62 bits per heavy atom. The van der Waals surface area contributed by atoms with Crippen LogP contribution in [0.3, 0.4) is 0 Å². The molecule has 9 aromatic carbocycles. The van der Waals surface area contributed by atoms with Crippen LogP contribution in [0, 0.1) is 81.4 Å². The van der Waals surface area contributed by atoms with Crippen LogP contribution in [0.1, 0.15) is 0 Å². The standard InChI is InChI=1S/C40H11BF14O3/c42-17-3-1-2-13-10-16-26(30(47)22(13)17)32(49)36(53)38(55)40(16)58-41(56-21-9-8-18(43)24-15(21)11-20(45)29(46)31(24)48)57-39-14-6-4-12-5-7-19(44)27-23(12)25(14)28(34(51)33(27)50)35(52)37(39)54/h1-11H. The van der Waals surface area contributed by atoms with Crippen molar-refractivity contribution < 1.29 is 75.4 Å². The molecule has 0 aliphatic carbocycles. The van der Waals surface area contributed by atoms with Crippen LogP contribution in [0.25, 0.3) is 64.6 Å². The van der Waals surface area contributed by atoms with Crippen molar-refractivity contribution in [3.05, 3.63) is 148 Å². The topological polar surface area (TPSA) is 27.7 Å². The predicted octanol–water partition coefficient (Wildman–Crippen LogP) is 12.5. The maximum atomic E-state index is 16.1. The summed E-state index contributed by atoms with van der Waals surface area (Å²) < 4.78 is 229. The highest BCUT2D eigenvalue weighted by atomic mass is 19.2. The second kappa shape index (κ2) is 12.9. The van der Waals surface area contributed by atoms with Gasteiger partial charge in [-0.1, -0.05) is 24.3 Å². The average molecular weight is 816 g/mol. The SMILES string of the molecule is Fc1cc2c(OB(Oc3c(F)c(F)c(F)c4c(F)c5c(F)cccc5cc34)Oc3c(F)c(F)c4c(F)c(F)c5c(F)ccc6ccc3c4c65)ccc(F)c2c(F)c1F. The molecule has 0 amide bonds. The lowest BCUT2D eigenvalue weighted by Crippen LogP contribution is -2.38. The lowest BCUT2D eigenvalue weighted by molar-refractivity contribution is 0.292. The summed E-state index contributed by atoms with van der Waals surface area (Å²) in [5.74, 6) is -30.9. The van der Waals surface area contributed by atoms with E-state index in [0.717, 1.165) is 48.5 Å². The van der Waals surface area contributed by atoms with Gasteiger partial charge in [0.2, 0.25) is 5.82 Å². The third kappa shape index (κ3) is 5.09. The van der Waals surface area contributed by atoms with Gasteiger partial charge in [-0.3, -0.25) is 0 Å². The molecule has 3 nitrogen and oxygen atoms in total. The Kier molecular flexibility index (Phi) is 8.21. The highest BCUT2D eigenvalue weighted by molar-refractivity contribution is 6.41. The fourth-order valence-corrected chi connectivity index (χ4v) is 7.15. The van der Waals surface area contributed by atoms with E-state index >= 15 is 35.1 Å². The number of hydrogen-bond acceptors (Lipinski definition) is 3. The zero-order valence-electron chi connectivity index (χ0n) is 27.9. The van der Waals surface area contributed by atoms with Gasteiger partial charge in [-0.2, -0.15) is 8.78 Å². The Morgan fingerprint density at radius 1 is 0.310 bits per heavy atom. The van der Waals surface area contributed by atoms with Gasteiger partial charge in [-0.25, -0.2) is 52.7 Å². The van der Waals surface area contributed by atoms with Crippen molar-refractivity contribution in [2.45, 2.75) is 0 Å². The number of fused-ring (bicyclic) bond motifs is 3. The lowest BCUT2D eigenvalue weighted by atomic mass is 9.92. The molecule has 0 spiro atoms. The molecule has 0 aliphatic rings. The van der Waals surface area contributed by atoms with E-state index in [1.54, 1.807) is 0 Å². The summed E-state index contributed by atoms with van der Waals surface area (Å²) in [6.07, 6.45) is 0. The fraction of sp³-hybridized carbons (Fsp3) is 0. The normalized spacial score (nSPS) is 12.0. The van der Waals surface area contributed by atoms with Crippen LogP contribution in [0.2, 0.25) is 0 Å². The second-order valence-corrected chi connectivity index (χ2v) is 12.8. The van der Waals surface area contributed by atoms with Gasteiger partial charge in [0, 0.05) is 26.9 Å². The van der Waals surface area contributed by atoms with E-state index in [1.807, 2.05) is 0 Å². The Bertz CT molecular complexity index is 3290. The predicted molar refractivity (Wildman–Crippen MR) is 183 cm³/mol. The van der Waals surface area contributed by atoms with Gasteiger partial charge in [-0.15, -0.1) is 0 Å². The van der Waals surface area contributed by atoms with Crippen LogP contribution in [-0.4, -0.2) is 7.32 Å². The molecule has 0 saturated carbocycles. The first-order valence-corrected chi connectivity index (χ1v) is 16.3. The molecule has 18 heteroatoms. The first-order valence-electron chi connectivity index (χ1n) is 16.3. The van der Waals surface area contributed by atoms with Crippen molar-refractivity contribution in [1.29, 1.82) is 0 Å². The molecule has 0 fully saturated rings. The van der Waals surface area contributed by atoms with Crippen molar-refractivity contribution >= 4 is 72.0 Å². The minimum atomic E-state index is -2.95. The van der Waals surface area contributed by atoms with Crippen molar-refractivity contribution in [2.75, 3.05) is 0 Å². The number of rotatable bonds is 6. The third-order valence-corrected chi connectivity index (χ3v) is 9.68. The van der Waals surface area contributed by atoms with Crippen molar-refractivity contribution in [3.63, 3.8) is 0 Å². The lowest BCUT2D eigenvalue weighted by Gasteiger charge is -2.22. The van der Waals surface area contributed by atoms with Crippen LogP contribution < -0.4 is 14.0 Å². The molecule has 0 aliphatic heterocycles. The van der Waals surface area contributed by atoms with E-state index in [4.69, 9.17) is 14.0 Å². The maximum absolute atomic E-state index is 16.1. The zero-order chi connectivity index (χ0) is 41.2. The molecule has 0 aromatic heterocycles. The van der Waals surface area contributed by atoms with Crippen LogP contribution in [0.4, 0.5) is 61.5 Å². The summed E-state index contributed by atoms with van der Waals surface area (Å²) >= 11 is 0. The molecule has 290 valence electrons. The minimum Gasteiger partial charge on any atom is -0.489 e. The van der Waals surface area contributed by atoms with Gasteiger partial charge in [0.05, 0.1) is 26.9 Å². The quantitative estimate of drug-likeness (QED) is 0.0550. The van der Waals surface area contributed by atoms with Gasteiger partial charge in [0.1, 0.15) is 29.0 Å². The van der Waals surface area contributed by atoms with E-state index in [9.17, 15) is 26.3 Å². The van der Waals surface area contributed by atoms with Crippen LogP contribution in [0.15, 0.2) is 66.7 Å². The smallest absolute Gasteiger partial charge is 0.489 e. The molecular formula is C40H11BF14O3. The summed E-state index contributed by atoms with van der Waals surface area (Å²) in [5.41, 5.74) is 0. The molecule has 0 radical (unpaired) electrons. The minimum absolute atomic E-state index is 0.0242. The molecule has 0 saturated heterocycles. The van der Waals surface area contributed by atoms with Gasteiger partial charge in [0.25, 0.3) is 0 Å². The Hall–Kier alpha value is -6.72. The van der Waals surface area contributed by atoms with Gasteiger partial charge >= 0.3 is 7.32 Å². The van der Waals surface area contributed by atoms with Gasteiger partial charge in [0.15, 0.2) is 63.9 Å². The summed E-state index contributed by atoms with van der Waals surface area (Å²) in [6.45, 7) is 0. The molecule has 0 N–H and O–H groups in total. The third-order valence-electron chi connectivity index (χ3n) is 9.68. The zero-order valence-corrected chi connectivity index (χ0v) is 27.9. The Morgan fingerprint density at radius 2 is 0.879 bits per heavy atom. The van der Waals surface area contributed by atoms with Crippen LogP contribution >= 0.6 is 0 Å². The monoisotopic (exact) mass is 816 g/mol. The van der Waals surface area contributed by atoms with Gasteiger partial charge in [-0.05, 0) is 53.2 Å².